The summed E-state index contributed by atoms with van der Waals surface area (Å²) in [6, 6.07) is -1.14. The number of unbranched alkanes of at least 4 members (excludes halogenated alkanes) is 32. The van der Waals surface area contributed by atoms with E-state index in [1.807, 2.05) is 0 Å². The van der Waals surface area contributed by atoms with Gasteiger partial charge >= 0.3 is 0 Å². The molecule has 0 saturated heterocycles. The maximum absolute atomic E-state index is 12.6. The Bertz CT molecular complexity index is 838. The third-order valence-corrected chi connectivity index (χ3v) is 11.4. The second kappa shape index (κ2) is 37.6. The van der Waals surface area contributed by atoms with E-state index in [-0.39, 0.29) is 0 Å². The predicted octanol–water partition coefficient (Wildman–Crippen LogP) is 12.2. The fourth-order valence-corrected chi connectivity index (χ4v) is 7.99. The van der Waals surface area contributed by atoms with Crippen LogP contribution >= 0.6 is 0 Å². The number of aliphatic hydroxyl groups excluding tert-OH is 2. The van der Waals surface area contributed by atoms with Crippen molar-refractivity contribution < 1.29 is 28.0 Å². The zero-order valence-corrected chi connectivity index (χ0v) is 34.7. The van der Waals surface area contributed by atoms with E-state index in [2.05, 4.69) is 19.2 Å². The molecule has 0 heterocycles. The summed E-state index contributed by atoms with van der Waals surface area (Å²) in [4.78, 5) is 12.6. The number of nitrogens with one attached hydrogen (secondary N) is 1. The first kappa shape index (κ1) is 50.3. The fraction of sp³-hybridized carbons (Fsp3) is 0.977. The quantitative estimate of drug-likeness (QED) is 0.0365. The van der Waals surface area contributed by atoms with Gasteiger partial charge in [0.25, 0.3) is 10.1 Å². The van der Waals surface area contributed by atoms with E-state index in [4.69, 9.17) is 0 Å². The Morgan fingerprint density at radius 3 is 0.980 bits per heavy atom. The standard InChI is InChI=1S/C43H87NO6S/c1-3-5-7-9-11-13-15-17-18-19-20-21-22-23-24-26-28-30-32-34-36-38-42(46)43(47)44-40(39-51(48,49)50)41(45)37-35-33-31-29-27-25-16-14-12-10-8-6-4-2/h40-42,45-46H,3-39H2,1-2H3,(H,44,47)(H,48,49,50). The number of carbonyl (C=O) groups excluding carboxylic acids is 1. The Labute approximate surface area is 317 Å². The maximum Gasteiger partial charge on any atom is 0.266 e. The van der Waals surface area contributed by atoms with E-state index in [1.54, 1.807) is 0 Å². The Hall–Kier alpha value is -0.700. The van der Waals surface area contributed by atoms with Gasteiger partial charge in [0.2, 0.25) is 5.91 Å². The van der Waals surface area contributed by atoms with Crippen LogP contribution in [0.15, 0.2) is 0 Å². The average Bonchev–Trinajstić information content (AvgIpc) is 3.09. The van der Waals surface area contributed by atoms with Crippen molar-refractivity contribution in [2.45, 2.75) is 263 Å². The lowest BCUT2D eigenvalue weighted by Gasteiger charge is -2.24. The van der Waals surface area contributed by atoms with Crippen molar-refractivity contribution in [1.29, 1.82) is 0 Å². The normalized spacial score (nSPS) is 13.7. The molecule has 7 nitrogen and oxygen atoms in total. The van der Waals surface area contributed by atoms with Gasteiger partial charge in [0.05, 0.1) is 17.9 Å². The van der Waals surface area contributed by atoms with Gasteiger partial charge in [-0.15, -0.1) is 0 Å². The van der Waals surface area contributed by atoms with Crippen LogP contribution in [0.3, 0.4) is 0 Å². The molecule has 0 aliphatic carbocycles. The van der Waals surface area contributed by atoms with Crippen LogP contribution in [0.1, 0.15) is 245 Å². The Kier molecular flexibility index (Phi) is 37.1. The van der Waals surface area contributed by atoms with Crippen LogP contribution in [0.25, 0.3) is 0 Å². The van der Waals surface area contributed by atoms with Crippen molar-refractivity contribution in [2.75, 3.05) is 5.75 Å². The Morgan fingerprint density at radius 2 is 0.706 bits per heavy atom. The fourth-order valence-electron chi connectivity index (χ4n) is 7.23. The molecule has 0 aliphatic heterocycles. The van der Waals surface area contributed by atoms with Gasteiger partial charge in [0, 0.05) is 0 Å². The molecule has 0 aromatic carbocycles. The van der Waals surface area contributed by atoms with Crippen LogP contribution in [0.5, 0.6) is 0 Å². The first-order valence-corrected chi connectivity index (χ1v) is 23.9. The molecule has 3 unspecified atom stereocenters. The molecule has 0 aliphatic rings. The van der Waals surface area contributed by atoms with Crippen LogP contribution in [0.2, 0.25) is 0 Å². The van der Waals surface area contributed by atoms with Crippen molar-refractivity contribution in [1.82, 2.24) is 5.32 Å². The second-order valence-electron chi connectivity index (χ2n) is 15.8. The molecule has 3 atom stereocenters. The van der Waals surface area contributed by atoms with Crippen molar-refractivity contribution in [3.63, 3.8) is 0 Å². The van der Waals surface area contributed by atoms with E-state index in [0.717, 1.165) is 44.9 Å². The van der Waals surface area contributed by atoms with Crippen molar-refractivity contribution in [2.24, 2.45) is 0 Å². The second-order valence-corrected chi connectivity index (χ2v) is 17.3. The van der Waals surface area contributed by atoms with E-state index in [0.29, 0.717) is 12.8 Å². The molecule has 0 bridgehead atoms. The highest BCUT2D eigenvalue weighted by atomic mass is 32.2. The van der Waals surface area contributed by atoms with Gasteiger partial charge < -0.3 is 15.5 Å². The van der Waals surface area contributed by atoms with Gasteiger partial charge in [-0.2, -0.15) is 8.42 Å². The number of amides is 1. The third kappa shape index (κ3) is 37.4. The minimum atomic E-state index is -4.40. The van der Waals surface area contributed by atoms with E-state index < -0.39 is 40.0 Å². The summed E-state index contributed by atoms with van der Waals surface area (Å²) in [5.41, 5.74) is 0. The largest absolute Gasteiger partial charge is 0.391 e. The molecule has 0 saturated carbocycles. The molecule has 0 rings (SSSR count). The predicted molar refractivity (Wildman–Crippen MR) is 218 cm³/mol. The van der Waals surface area contributed by atoms with E-state index in [9.17, 15) is 28.0 Å². The van der Waals surface area contributed by atoms with Gasteiger partial charge in [-0.25, -0.2) is 0 Å². The van der Waals surface area contributed by atoms with Gasteiger partial charge in [0.15, 0.2) is 0 Å². The van der Waals surface area contributed by atoms with Gasteiger partial charge in [-0.1, -0.05) is 232 Å². The summed E-state index contributed by atoms with van der Waals surface area (Å²) >= 11 is 0. The van der Waals surface area contributed by atoms with Gasteiger partial charge in [0.1, 0.15) is 6.10 Å². The molecular weight excluding hydrogens is 659 g/mol. The first-order chi connectivity index (χ1) is 24.7. The summed E-state index contributed by atoms with van der Waals surface area (Å²) in [6.45, 7) is 4.52. The monoisotopic (exact) mass is 746 g/mol. The maximum atomic E-state index is 12.6. The minimum absolute atomic E-state index is 0.304. The molecule has 51 heavy (non-hydrogen) atoms. The van der Waals surface area contributed by atoms with Gasteiger partial charge in [-0.05, 0) is 12.8 Å². The zero-order chi connectivity index (χ0) is 37.7. The van der Waals surface area contributed by atoms with Crippen LogP contribution < -0.4 is 5.32 Å². The average molecular weight is 746 g/mol. The van der Waals surface area contributed by atoms with E-state index in [1.165, 1.54) is 173 Å². The highest BCUT2D eigenvalue weighted by Gasteiger charge is 2.28. The number of hydrogen-bond acceptors (Lipinski definition) is 5. The van der Waals surface area contributed by atoms with E-state index >= 15 is 0 Å². The third-order valence-electron chi connectivity index (χ3n) is 10.7. The van der Waals surface area contributed by atoms with Crippen LogP contribution in [-0.4, -0.2) is 53.1 Å². The molecular formula is C43H87NO6S. The molecule has 1 amide bonds. The number of hydrogen-bond donors (Lipinski definition) is 4. The SMILES string of the molecule is CCCCCCCCCCCCCCCCCCCCCCCC(O)C(=O)NC(CS(=O)(=O)O)C(O)CCCCCCCCCCCCCCC. The number of carbonyl (C=O) groups is 1. The lowest BCUT2D eigenvalue weighted by atomic mass is 10.0. The van der Waals surface area contributed by atoms with Crippen molar-refractivity contribution in [3.05, 3.63) is 0 Å². The minimum Gasteiger partial charge on any atom is -0.391 e. The number of rotatable bonds is 41. The molecule has 4 N–H and O–H groups in total. The molecule has 306 valence electrons. The Balaban J connectivity index is 3.85. The lowest BCUT2D eigenvalue weighted by molar-refractivity contribution is -0.131. The Morgan fingerprint density at radius 1 is 0.451 bits per heavy atom. The summed E-state index contributed by atoms with van der Waals surface area (Å²) in [5.74, 6) is -1.44. The van der Waals surface area contributed by atoms with Crippen molar-refractivity contribution >= 4 is 16.0 Å². The summed E-state index contributed by atoms with van der Waals surface area (Å²) in [7, 11) is -4.40. The molecule has 0 fully saturated rings. The highest BCUT2D eigenvalue weighted by Crippen LogP contribution is 2.17. The smallest absolute Gasteiger partial charge is 0.266 e. The summed E-state index contributed by atoms with van der Waals surface area (Å²) in [6.07, 6.45) is 41.3. The van der Waals surface area contributed by atoms with Crippen LogP contribution in [0, 0.1) is 0 Å². The molecule has 0 radical (unpaired) electrons. The van der Waals surface area contributed by atoms with Crippen molar-refractivity contribution in [3.8, 4) is 0 Å². The number of aliphatic hydroxyl groups is 2. The van der Waals surface area contributed by atoms with Crippen LogP contribution in [-0.2, 0) is 14.9 Å². The topological polar surface area (TPSA) is 124 Å². The summed E-state index contributed by atoms with van der Waals surface area (Å²) < 4.78 is 32.6. The lowest BCUT2D eigenvalue weighted by Crippen LogP contribution is -2.50. The molecule has 0 spiro atoms. The molecule has 8 heteroatoms. The van der Waals surface area contributed by atoms with Crippen LogP contribution in [0.4, 0.5) is 0 Å². The van der Waals surface area contributed by atoms with Gasteiger partial charge in [-0.3, -0.25) is 9.35 Å². The highest BCUT2D eigenvalue weighted by molar-refractivity contribution is 7.85. The first-order valence-electron chi connectivity index (χ1n) is 22.3. The zero-order valence-electron chi connectivity index (χ0n) is 33.9. The molecule has 0 aromatic rings. The summed E-state index contributed by atoms with van der Waals surface area (Å²) in [5, 5.41) is 23.6. The molecule has 0 aromatic heterocycles.